The first-order chi connectivity index (χ1) is 8.78. The molecule has 1 rings (SSSR count). The molecule has 1 atom stereocenters. The maximum atomic E-state index is 13.6. The van der Waals surface area contributed by atoms with Crippen LogP contribution in [0.3, 0.4) is 0 Å². The molecule has 0 radical (unpaired) electrons. The molecule has 0 aliphatic heterocycles. The minimum absolute atomic E-state index is 0.0244. The second-order valence-electron chi connectivity index (χ2n) is 4.38. The quantitative estimate of drug-likeness (QED) is 0.749. The Morgan fingerprint density at radius 2 is 2.05 bits per heavy atom. The van der Waals surface area contributed by atoms with Crippen molar-refractivity contribution in [1.29, 1.82) is 0 Å². The molecule has 0 saturated carbocycles. The van der Waals surface area contributed by atoms with Gasteiger partial charge in [-0.3, -0.25) is 0 Å². The molecular formula is C12H15F2NO3S. The van der Waals surface area contributed by atoms with E-state index in [-0.39, 0.29) is 12.2 Å². The van der Waals surface area contributed by atoms with Gasteiger partial charge in [-0.1, -0.05) is 0 Å². The van der Waals surface area contributed by atoms with E-state index in [1.807, 2.05) is 6.26 Å². The molecule has 19 heavy (non-hydrogen) atoms. The number of carboxylic acids is 1. The summed E-state index contributed by atoms with van der Waals surface area (Å²) >= 11 is 1.42. The van der Waals surface area contributed by atoms with Crippen LogP contribution in [0, 0.1) is 11.6 Å². The molecule has 0 saturated heterocycles. The summed E-state index contributed by atoms with van der Waals surface area (Å²) in [6.07, 6.45) is 1.82. The van der Waals surface area contributed by atoms with Gasteiger partial charge in [0.05, 0.1) is 16.9 Å². The van der Waals surface area contributed by atoms with Gasteiger partial charge in [0.1, 0.15) is 0 Å². The Morgan fingerprint density at radius 1 is 1.42 bits per heavy atom. The lowest BCUT2D eigenvalue weighted by atomic mass is 10.1. The Balaban J connectivity index is 2.87. The lowest BCUT2D eigenvalue weighted by Gasteiger charge is -2.23. The SMILES string of the molecule is CSCC(C)(O)CNc1ccc(C(=O)O)c(F)c1F. The number of rotatable bonds is 6. The van der Waals surface area contributed by atoms with Crippen LogP contribution in [0.1, 0.15) is 17.3 Å². The molecule has 0 amide bonds. The van der Waals surface area contributed by atoms with Crippen molar-refractivity contribution in [3.63, 3.8) is 0 Å². The molecule has 7 heteroatoms. The first kappa shape index (κ1) is 15.7. The van der Waals surface area contributed by atoms with E-state index in [1.54, 1.807) is 6.92 Å². The maximum Gasteiger partial charge on any atom is 0.338 e. The van der Waals surface area contributed by atoms with Crippen molar-refractivity contribution in [2.24, 2.45) is 0 Å². The minimum Gasteiger partial charge on any atom is -0.478 e. The Bertz CT molecular complexity index is 480. The van der Waals surface area contributed by atoms with Crippen molar-refractivity contribution < 1.29 is 23.8 Å². The standard InChI is InChI=1S/C12H15F2NO3S/c1-12(18,6-19-2)5-15-8-4-3-7(11(16)17)9(13)10(8)14/h3-4,15,18H,5-6H2,1-2H3,(H,16,17). The third kappa shape index (κ3) is 4.07. The van der Waals surface area contributed by atoms with E-state index in [9.17, 15) is 18.7 Å². The zero-order valence-electron chi connectivity index (χ0n) is 10.5. The number of hydrogen-bond donors (Lipinski definition) is 3. The Hall–Kier alpha value is -1.34. The van der Waals surface area contributed by atoms with E-state index < -0.39 is 28.8 Å². The summed E-state index contributed by atoms with van der Waals surface area (Å²) < 4.78 is 27.0. The molecule has 0 aliphatic carbocycles. The number of nitrogens with one attached hydrogen (secondary N) is 1. The number of carboxylic acid groups (broad SMARTS) is 1. The van der Waals surface area contributed by atoms with E-state index in [1.165, 1.54) is 11.8 Å². The summed E-state index contributed by atoms with van der Waals surface area (Å²) in [5, 5.41) is 21.1. The Kier molecular flexibility index (Phi) is 5.13. The van der Waals surface area contributed by atoms with Gasteiger partial charge in [0.25, 0.3) is 0 Å². The van der Waals surface area contributed by atoms with Crippen LogP contribution in [0.4, 0.5) is 14.5 Å². The number of aromatic carboxylic acids is 1. The third-order valence-electron chi connectivity index (χ3n) is 2.43. The molecule has 0 aliphatic rings. The van der Waals surface area contributed by atoms with Crippen LogP contribution in [0.5, 0.6) is 0 Å². The molecule has 0 spiro atoms. The van der Waals surface area contributed by atoms with Crippen LogP contribution < -0.4 is 5.32 Å². The van der Waals surface area contributed by atoms with Gasteiger partial charge in [-0.15, -0.1) is 0 Å². The third-order valence-corrected chi connectivity index (χ3v) is 3.34. The van der Waals surface area contributed by atoms with Gasteiger partial charge < -0.3 is 15.5 Å². The Labute approximate surface area is 113 Å². The number of anilines is 1. The highest BCUT2D eigenvalue weighted by atomic mass is 32.2. The molecule has 1 unspecified atom stereocenters. The average molecular weight is 291 g/mol. The minimum atomic E-state index is -1.53. The monoisotopic (exact) mass is 291 g/mol. The normalized spacial score (nSPS) is 13.9. The molecule has 0 fully saturated rings. The van der Waals surface area contributed by atoms with Gasteiger partial charge in [0.15, 0.2) is 11.6 Å². The average Bonchev–Trinajstić information content (AvgIpc) is 2.30. The summed E-state index contributed by atoms with van der Waals surface area (Å²) in [5.41, 5.74) is -1.98. The summed E-state index contributed by atoms with van der Waals surface area (Å²) in [7, 11) is 0. The highest BCUT2D eigenvalue weighted by Gasteiger charge is 2.22. The van der Waals surface area contributed by atoms with Crippen LogP contribution in [0.2, 0.25) is 0 Å². The molecule has 1 aromatic rings. The van der Waals surface area contributed by atoms with E-state index in [0.29, 0.717) is 5.75 Å². The summed E-state index contributed by atoms with van der Waals surface area (Å²) in [4.78, 5) is 10.6. The molecule has 106 valence electrons. The molecule has 3 N–H and O–H groups in total. The van der Waals surface area contributed by atoms with Gasteiger partial charge in [0.2, 0.25) is 0 Å². The predicted molar refractivity (Wildman–Crippen MR) is 70.8 cm³/mol. The fraction of sp³-hybridized carbons (Fsp3) is 0.417. The number of carbonyl (C=O) groups is 1. The van der Waals surface area contributed by atoms with Crippen molar-refractivity contribution in [2.75, 3.05) is 23.9 Å². The van der Waals surface area contributed by atoms with Crippen LogP contribution in [0.25, 0.3) is 0 Å². The first-order valence-corrected chi connectivity index (χ1v) is 6.84. The smallest absolute Gasteiger partial charge is 0.338 e. The lowest BCUT2D eigenvalue weighted by Crippen LogP contribution is -2.36. The molecule has 4 nitrogen and oxygen atoms in total. The number of benzene rings is 1. The van der Waals surface area contributed by atoms with Gasteiger partial charge in [0, 0.05) is 12.3 Å². The lowest BCUT2D eigenvalue weighted by molar-refractivity contribution is 0.0690. The van der Waals surface area contributed by atoms with E-state index in [2.05, 4.69) is 5.32 Å². The van der Waals surface area contributed by atoms with Crippen molar-refractivity contribution in [1.82, 2.24) is 0 Å². The van der Waals surface area contributed by atoms with Crippen molar-refractivity contribution in [3.05, 3.63) is 29.3 Å². The fourth-order valence-corrected chi connectivity index (χ4v) is 2.22. The van der Waals surface area contributed by atoms with Crippen LogP contribution in [-0.4, -0.2) is 40.3 Å². The van der Waals surface area contributed by atoms with Crippen LogP contribution in [-0.2, 0) is 0 Å². The van der Waals surface area contributed by atoms with Gasteiger partial charge in [-0.25, -0.2) is 13.6 Å². The molecule has 0 bridgehead atoms. The van der Waals surface area contributed by atoms with Crippen molar-refractivity contribution >= 4 is 23.4 Å². The molecule has 0 aromatic heterocycles. The Morgan fingerprint density at radius 3 is 2.58 bits per heavy atom. The van der Waals surface area contributed by atoms with Crippen molar-refractivity contribution in [2.45, 2.75) is 12.5 Å². The summed E-state index contributed by atoms with van der Waals surface area (Å²) in [6.45, 7) is 1.59. The highest BCUT2D eigenvalue weighted by molar-refractivity contribution is 7.98. The first-order valence-electron chi connectivity index (χ1n) is 5.45. The van der Waals surface area contributed by atoms with E-state index in [4.69, 9.17) is 5.11 Å². The zero-order valence-corrected chi connectivity index (χ0v) is 11.4. The topological polar surface area (TPSA) is 69.6 Å². The second-order valence-corrected chi connectivity index (χ2v) is 5.24. The van der Waals surface area contributed by atoms with Crippen LogP contribution >= 0.6 is 11.8 Å². The summed E-state index contributed by atoms with van der Waals surface area (Å²) in [5.74, 6) is -3.78. The zero-order chi connectivity index (χ0) is 14.6. The molecule has 1 aromatic carbocycles. The predicted octanol–water partition coefficient (Wildman–Crippen LogP) is 2.19. The van der Waals surface area contributed by atoms with Gasteiger partial charge in [-0.2, -0.15) is 11.8 Å². The molecular weight excluding hydrogens is 276 g/mol. The van der Waals surface area contributed by atoms with E-state index in [0.717, 1.165) is 12.1 Å². The second kappa shape index (κ2) is 6.21. The fourth-order valence-electron chi connectivity index (χ4n) is 1.50. The maximum absolute atomic E-state index is 13.6. The van der Waals surface area contributed by atoms with Crippen LogP contribution in [0.15, 0.2) is 12.1 Å². The highest BCUT2D eigenvalue weighted by Crippen LogP contribution is 2.22. The number of aliphatic hydroxyl groups is 1. The molecule has 0 heterocycles. The largest absolute Gasteiger partial charge is 0.478 e. The number of hydrogen-bond acceptors (Lipinski definition) is 4. The van der Waals surface area contributed by atoms with Gasteiger partial charge in [-0.05, 0) is 25.3 Å². The summed E-state index contributed by atoms with van der Waals surface area (Å²) in [6, 6.07) is 2.11. The van der Waals surface area contributed by atoms with E-state index >= 15 is 0 Å². The number of halogens is 2. The number of thioether (sulfide) groups is 1. The van der Waals surface area contributed by atoms with Crippen molar-refractivity contribution in [3.8, 4) is 0 Å². The van der Waals surface area contributed by atoms with Gasteiger partial charge >= 0.3 is 5.97 Å².